The van der Waals surface area contributed by atoms with Crippen LogP contribution >= 0.6 is 0 Å². The van der Waals surface area contributed by atoms with E-state index < -0.39 is 17.6 Å². The van der Waals surface area contributed by atoms with E-state index in [2.05, 4.69) is 4.98 Å². The minimum atomic E-state index is -1.32. The highest BCUT2D eigenvalue weighted by Gasteiger charge is 2.22. The van der Waals surface area contributed by atoms with Gasteiger partial charge in [0.1, 0.15) is 6.61 Å². The molecule has 0 bridgehead atoms. The summed E-state index contributed by atoms with van der Waals surface area (Å²) < 4.78 is 15.5. The smallest absolute Gasteiger partial charge is 0.358 e. The Hall–Kier alpha value is -3.09. The molecule has 7 heteroatoms. The lowest BCUT2D eigenvalue weighted by atomic mass is 10.2. The van der Waals surface area contributed by atoms with Crippen LogP contribution < -0.4 is 14.2 Å². The molecule has 0 saturated carbocycles. The zero-order valence-corrected chi connectivity index (χ0v) is 12.6. The predicted octanol–water partition coefficient (Wildman–Crippen LogP) is 2.29. The molecule has 0 radical (unpaired) electrons. The number of hydrogen-bond donors (Lipinski definition) is 1. The number of hydrogen-bond acceptors (Lipinski definition) is 6. The molecular weight excluding hydrogens is 302 g/mol. The number of pyridine rings is 1. The highest BCUT2D eigenvalue weighted by atomic mass is 16.5. The highest BCUT2D eigenvalue weighted by Crippen LogP contribution is 2.34. The quantitative estimate of drug-likeness (QED) is 0.817. The highest BCUT2D eigenvalue weighted by molar-refractivity contribution is 5.90. The first kappa shape index (κ1) is 16.3. The number of ether oxygens (including phenoxy) is 3. The Labute approximate surface area is 132 Å². The van der Waals surface area contributed by atoms with Gasteiger partial charge in [-0.1, -0.05) is 30.3 Å². The summed E-state index contributed by atoms with van der Waals surface area (Å²) in [4.78, 5) is 26.2. The van der Waals surface area contributed by atoms with Gasteiger partial charge in [-0.05, 0) is 5.56 Å². The van der Waals surface area contributed by atoms with Gasteiger partial charge in [0, 0.05) is 13.0 Å². The Balaban J connectivity index is 2.35. The van der Waals surface area contributed by atoms with E-state index in [1.807, 2.05) is 30.3 Å². The third-order valence-corrected chi connectivity index (χ3v) is 2.81. The van der Waals surface area contributed by atoms with Gasteiger partial charge in [0.15, 0.2) is 17.2 Å². The molecule has 0 aliphatic rings. The molecule has 2 rings (SSSR count). The second kappa shape index (κ2) is 7.26. The summed E-state index contributed by atoms with van der Waals surface area (Å²) in [5.74, 6) is -2.02. The van der Waals surface area contributed by atoms with Crippen molar-refractivity contribution >= 4 is 11.9 Å². The average Bonchev–Trinajstić information content (AvgIpc) is 2.53. The molecule has 0 amide bonds. The van der Waals surface area contributed by atoms with Crippen LogP contribution in [-0.2, 0) is 11.4 Å². The minimum Gasteiger partial charge on any atom is -0.493 e. The van der Waals surface area contributed by atoms with Crippen LogP contribution in [0.3, 0.4) is 0 Å². The van der Waals surface area contributed by atoms with Crippen molar-refractivity contribution < 1.29 is 28.9 Å². The second-order valence-electron chi connectivity index (χ2n) is 4.51. The van der Waals surface area contributed by atoms with Crippen LogP contribution in [0.5, 0.6) is 17.4 Å². The number of methoxy groups -OCH3 is 1. The van der Waals surface area contributed by atoms with E-state index >= 15 is 0 Å². The molecule has 7 nitrogen and oxygen atoms in total. The maximum absolute atomic E-state index is 11.4. The maximum Gasteiger partial charge on any atom is 0.358 e. The van der Waals surface area contributed by atoms with Crippen LogP contribution in [0.4, 0.5) is 0 Å². The predicted molar refractivity (Wildman–Crippen MR) is 79.8 cm³/mol. The third-order valence-electron chi connectivity index (χ3n) is 2.81. The van der Waals surface area contributed by atoms with Crippen LogP contribution in [0.1, 0.15) is 23.0 Å². The van der Waals surface area contributed by atoms with Crippen LogP contribution in [0.25, 0.3) is 0 Å². The van der Waals surface area contributed by atoms with Crippen molar-refractivity contribution in [3.63, 3.8) is 0 Å². The molecule has 0 spiro atoms. The third kappa shape index (κ3) is 4.19. The number of carboxylic acids is 1. The number of aromatic carboxylic acids is 1. The molecule has 0 unspecified atom stereocenters. The van der Waals surface area contributed by atoms with Gasteiger partial charge < -0.3 is 19.3 Å². The molecule has 0 atom stereocenters. The van der Waals surface area contributed by atoms with Gasteiger partial charge in [-0.25, -0.2) is 9.78 Å². The fourth-order valence-electron chi connectivity index (χ4n) is 1.85. The van der Waals surface area contributed by atoms with Crippen molar-refractivity contribution in [1.29, 1.82) is 0 Å². The number of carbonyl (C=O) groups excluding carboxylic acids is 1. The molecule has 0 aliphatic heterocycles. The summed E-state index contributed by atoms with van der Waals surface area (Å²) in [6.07, 6.45) is 0. The molecule has 2 aromatic rings. The molecule has 0 aliphatic carbocycles. The topological polar surface area (TPSA) is 95.0 Å². The first-order valence-electron chi connectivity index (χ1n) is 6.68. The van der Waals surface area contributed by atoms with E-state index in [-0.39, 0.29) is 24.0 Å². The Kier molecular flexibility index (Phi) is 5.14. The summed E-state index contributed by atoms with van der Waals surface area (Å²) in [7, 11) is 1.36. The van der Waals surface area contributed by atoms with Crippen LogP contribution in [0.2, 0.25) is 0 Å². The van der Waals surface area contributed by atoms with Gasteiger partial charge in [0.25, 0.3) is 0 Å². The van der Waals surface area contributed by atoms with Crippen molar-refractivity contribution in [2.24, 2.45) is 0 Å². The number of carbonyl (C=O) groups is 2. The van der Waals surface area contributed by atoms with Crippen LogP contribution in [0.15, 0.2) is 36.4 Å². The van der Waals surface area contributed by atoms with E-state index in [0.29, 0.717) is 0 Å². The lowest BCUT2D eigenvalue weighted by Gasteiger charge is -2.14. The summed E-state index contributed by atoms with van der Waals surface area (Å²) in [5.41, 5.74) is 0.464. The lowest BCUT2D eigenvalue weighted by molar-refractivity contribution is -0.132. The summed E-state index contributed by atoms with van der Waals surface area (Å²) in [6, 6.07) is 10.5. The van der Waals surface area contributed by atoms with E-state index in [0.717, 1.165) is 5.56 Å². The van der Waals surface area contributed by atoms with Gasteiger partial charge in [0.2, 0.25) is 5.88 Å². The molecule has 1 aromatic carbocycles. The van der Waals surface area contributed by atoms with Crippen LogP contribution in [-0.4, -0.2) is 29.1 Å². The van der Waals surface area contributed by atoms with E-state index in [9.17, 15) is 14.7 Å². The van der Waals surface area contributed by atoms with Crippen molar-refractivity contribution in [3.8, 4) is 17.4 Å². The molecule has 1 heterocycles. The van der Waals surface area contributed by atoms with Crippen LogP contribution in [0, 0.1) is 0 Å². The van der Waals surface area contributed by atoms with E-state index in [1.54, 1.807) is 0 Å². The number of carboxylic acid groups (broad SMARTS) is 1. The largest absolute Gasteiger partial charge is 0.493 e. The van der Waals surface area contributed by atoms with E-state index in [4.69, 9.17) is 14.2 Å². The lowest BCUT2D eigenvalue weighted by Crippen LogP contribution is -2.11. The average molecular weight is 317 g/mol. The molecule has 120 valence electrons. The Morgan fingerprint density at radius 3 is 2.48 bits per heavy atom. The number of benzene rings is 1. The molecule has 1 aromatic heterocycles. The van der Waals surface area contributed by atoms with Gasteiger partial charge in [-0.3, -0.25) is 4.79 Å². The van der Waals surface area contributed by atoms with Crippen molar-refractivity contribution in [2.75, 3.05) is 7.11 Å². The monoisotopic (exact) mass is 317 g/mol. The fraction of sp³-hybridized carbons (Fsp3) is 0.188. The number of rotatable bonds is 6. The van der Waals surface area contributed by atoms with Gasteiger partial charge >= 0.3 is 11.9 Å². The second-order valence-corrected chi connectivity index (χ2v) is 4.51. The molecular formula is C16H15NO6. The standard InChI is InChI=1S/C16H15NO6/c1-10(18)23-13-8-12(21-2)15(14(17-13)16(19)20)22-9-11-6-4-3-5-7-11/h3-8H,9H2,1-2H3,(H,19,20). The first-order valence-corrected chi connectivity index (χ1v) is 6.68. The summed E-state index contributed by atoms with van der Waals surface area (Å²) in [6.45, 7) is 1.33. The Morgan fingerprint density at radius 2 is 1.91 bits per heavy atom. The van der Waals surface area contributed by atoms with Crippen molar-refractivity contribution in [1.82, 2.24) is 4.98 Å². The van der Waals surface area contributed by atoms with Gasteiger partial charge in [0.05, 0.1) is 7.11 Å². The van der Waals surface area contributed by atoms with Crippen molar-refractivity contribution in [3.05, 3.63) is 47.7 Å². The van der Waals surface area contributed by atoms with Crippen molar-refractivity contribution in [2.45, 2.75) is 13.5 Å². The number of esters is 1. The first-order chi connectivity index (χ1) is 11.0. The number of aromatic nitrogens is 1. The molecule has 23 heavy (non-hydrogen) atoms. The summed E-state index contributed by atoms with van der Waals surface area (Å²) >= 11 is 0. The van der Waals surface area contributed by atoms with E-state index in [1.165, 1.54) is 20.1 Å². The Bertz CT molecular complexity index is 714. The fourth-order valence-corrected chi connectivity index (χ4v) is 1.85. The Morgan fingerprint density at radius 1 is 1.22 bits per heavy atom. The van der Waals surface area contributed by atoms with Gasteiger partial charge in [-0.15, -0.1) is 0 Å². The normalized spacial score (nSPS) is 10.0. The number of nitrogens with zero attached hydrogens (tertiary/aromatic N) is 1. The SMILES string of the molecule is COc1cc(OC(C)=O)nc(C(=O)O)c1OCc1ccccc1. The molecule has 1 N–H and O–H groups in total. The maximum atomic E-state index is 11.4. The minimum absolute atomic E-state index is 0.0280. The zero-order chi connectivity index (χ0) is 16.8. The van der Waals surface area contributed by atoms with Gasteiger partial charge in [-0.2, -0.15) is 0 Å². The summed E-state index contributed by atoms with van der Waals surface area (Å²) in [5, 5.41) is 9.30. The zero-order valence-electron chi connectivity index (χ0n) is 12.6. The molecule has 0 saturated heterocycles. The molecule has 0 fully saturated rings.